The molecule has 3 rings (SSSR count). The van der Waals surface area contributed by atoms with E-state index in [9.17, 15) is 21.6 Å². The van der Waals surface area contributed by atoms with E-state index in [1.54, 1.807) is 11.6 Å². The lowest BCUT2D eigenvalue weighted by molar-refractivity contribution is -0.274. The van der Waals surface area contributed by atoms with Crippen LogP contribution in [0.3, 0.4) is 0 Å². The molecule has 0 aliphatic carbocycles. The minimum atomic E-state index is -4.86. The Kier molecular flexibility index (Phi) is 4.63. The molecule has 0 atom stereocenters. The number of hydrazine groups is 1. The quantitative estimate of drug-likeness (QED) is 0.751. The zero-order valence-corrected chi connectivity index (χ0v) is 14.4. The Morgan fingerprint density at radius 2 is 1.88 bits per heavy atom. The van der Waals surface area contributed by atoms with Crippen molar-refractivity contribution in [2.24, 2.45) is 0 Å². The minimum Gasteiger partial charge on any atom is -0.406 e. The molecular weight excluding hydrogens is 393 g/mol. The van der Waals surface area contributed by atoms with Gasteiger partial charge in [0.05, 0.1) is 16.8 Å². The molecule has 0 unspecified atom stereocenters. The lowest BCUT2D eigenvalue weighted by Gasteiger charge is -2.21. The predicted molar refractivity (Wildman–Crippen MR) is 89.6 cm³/mol. The maximum Gasteiger partial charge on any atom is 0.573 e. The van der Waals surface area contributed by atoms with Gasteiger partial charge in [-0.05, 0) is 24.3 Å². The SMILES string of the molecule is Nc1cncc(S(=O)(=O)c2ccc(OC(F)(F)F)cc2)c1N1NC=CS1. The molecule has 2 aromatic rings. The van der Waals surface area contributed by atoms with Crippen LogP contribution in [0.1, 0.15) is 0 Å². The first-order valence-corrected chi connectivity index (χ1v) is 9.23. The molecule has 26 heavy (non-hydrogen) atoms. The van der Waals surface area contributed by atoms with Gasteiger partial charge in [0.25, 0.3) is 0 Å². The number of nitrogens with one attached hydrogen (secondary N) is 1. The number of ether oxygens (including phenoxy) is 1. The maximum atomic E-state index is 12.9. The zero-order chi connectivity index (χ0) is 18.9. The number of anilines is 2. The predicted octanol–water partition coefficient (Wildman–Crippen LogP) is 2.84. The lowest BCUT2D eigenvalue weighted by atomic mass is 10.3. The summed E-state index contributed by atoms with van der Waals surface area (Å²) in [6.07, 6.45) is -0.849. The first-order chi connectivity index (χ1) is 12.2. The minimum absolute atomic E-state index is 0.117. The van der Waals surface area contributed by atoms with E-state index in [4.69, 9.17) is 5.73 Å². The van der Waals surface area contributed by atoms with Gasteiger partial charge in [0.15, 0.2) is 0 Å². The van der Waals surface area contributed by atoms with Crippen LogP contribution in [0, 0.1) is 0 Å². The van der Waals surface area contributed by atoms with E-state index in [0.29, 0.717) is 0 Å². The summed E-state index contributed by atoms with van der Waals surface area (Å²) in [4.78, 5) is 3.40. The normalized spacial score (nSPS) is 14.3. The molecule has 0 spiro atoms. The highest BCUT2D eigenvalue weighted by Gasteiger charge is 2.32. The highest BCUT2D eigenvalue weighted by atomic mass is 32.2. The molecule has 138 valence electrons. The highest BCUT2D eigenvalue weighted by molar-refractivity contribution is 8.03. The van der Waals surface area contributed by atoms with Gasteiger partial charge in [-0.15, -0.1) is 13.2 Å². The van der Waals surface area contributed by atoms with Crippen LogP contribution in [0.25, 0.3) is 0 Å². The fourth-order valence-corrected chi connectivity index (χ4v) is 4.29. The van der Waals surface area contributed by atoms with Crippen molar-refractivity contribution in [1.29, 1.82) is 0 Å². The number of benzene rings is 1. The largest absolute Gasteiger partial charge is 0.573 e. The Balaban J connectivity index is 2.00. The molecule has 1 aliphatic rings. The highest BCUT2D eigenvalue weighted by Crippen LogP contribution is 2.38. The average molecular weight is 404 g/mol. The van der Waals surface area contributed by atoms with Gasteiger partial charge in [-0.2, -0.15) is 0 Å². The molecule has 1 aromatic carbocycles. The summed E-state index contributed by atoms with van der Waals surface area (Å²) in [5.74, 6) is -0.525. The Bertz CT molecular complexity index is 939. The van der Waals surface area contributed by atoms with Gasteiger partial charge in [0, 0.05) is 29.8 Å². The van der Waals surface area contributed by atoms with Crippen molar-refractivity contribution in [2.75, 3.05) is 10.1 Å². The van der Waals surface area contributed by atoms with Crippen LogP contribution in [0.15, 0.2) is 58.1 Å². The van der Waals surface area contributed by atoms with Crippen LogP contribution in [0.2, 0.25) is 0 Å². The van der Waals surface area contributed by atoms with Crippen molar-refractivity contribution >= 4 is 33.2 Å². The van der Waals surface area contributed by atoms with Crippen LogP contribution in [0.5, 0.6) is 5.75 Å². The topological polar surface area (TPSA) is 97.5 Å². The van der Waals surface area contributed by atoms with Gasteiger partial charge in [0.2, 0.25) is 9.84 Å². The van der Waals surface area contributed by atoms with E-state index in [1.807, 2.05) is 0 Å². The van der Waals surface area contributed by atoms with Crippen molar-refractivity contribution < 1.29 is 26.3 Å². The molecule has 0 bridgehead atoms. The second-order valence-electron chi connectivity index (χ2n) is 4.93. The number of hydrogen-bond acceptors (Lipinski definition) is 8. The number of nitrogen functional groups attached to an aromatic ring is 1. The summed E-state index contributed by atoms with van der Waals surface area (Å²) >= 11 is 1.17. The monoisotopic (exact) mass is 404 g/mol. The molecule has 7 nitrogen and oxygen atoms in total. The number of nitrogens with zero attached hydrogens (tertiary/aromatic N) is 2. The molecule has 0 saturated heterocycles. The second-order valence-corrected chi connectivity index (χ2v) is 7.70. The van der Waals surface area contributed by atoms with Gasteiger partial charge in [-0.3, -0.25) is 10.4 Å². The molecule has 1 aliphatic heterocycles. The Hall–Kier alpha value is -2.60. The zero-order valence-electron chi connectivity index (χ0n) is 12.8. The molecule has 0 fully saturated rings. The summed E-state index contributed by atoms with van der Waals surface area (Å²) in [5.41, 5.74) is 8.98. The number of aromatic nitrogens is 1. The van der Waals surface area contributed by atoms with E-state index in [2.05, 4.69) is 15.1 Å². The summed E-state index contributed by atoms with van der Waals surface area (Å²) < 4.78 is 67.7. The fourth-order valence-electron chi connectivity index (χ4n) is 2.15. The number of nitrogens with two attached hydrogens (primary N) is 1. The number of hydrogen-bond donors (Lipinski definition) is 2. The fraction of sp³-hybridized carbons (Fsp3) is 0.0714. The molecule has 0 saturated carbocycles. The molecule has 2 heterocycles. The first-order valence-electron chi connectivity index (χ1n) is 6.91. The number of alkyl halides is 3. The number of halogens is 3. The summed E-state index contributed by atoms with van der Waals surface area (Å²) in [7, 11) is -4.09. The smallest absolute Gasteiger partial charge is 0.406 e. The van der Waals surface area contributed by atoms with Crippen LogP contribution in [0.4, 0.5) is 24.5 Å². The standard InChI is InChI=1S/C14H11F3N4O3S2/c15-14(16,17)24-9-1-3-10(4-2-9)26(22,23)12-8-19-7-11(18)13(12)21-20-5-6-25-21/h1-8,20H,18H2. The van der Waals surface area contributed by atoms with Crippen LogP contribution >= 0.6 is 11.9 Å². The first kappa shape index (κ1) is 18.2. The van der Waals surface area contributed by atoms with Crippen molar-refractivity contribution in [1.82, 2.24) is 10.4 Å². The third kappa shape index (κ3) is 3.65. The van der Waals surface area contributed by atoms with Crippen LogP contribution < -0.4 is 20.3 Å². The van der Waals surface area contributed by atoms with Crippen molar-refractivity contribution in [2.45, 2.75) is 16.2 Å². The van der Waals surface area contributed by atoms with E-state index in [0.717, 1.165) is 30.5 Å². The van der Waals surface area contributed by atoms with Gasteiger partial charge in [-0.25, -0.2) is 12.8 Å². The molecule has 0 radical (unpaired) electrons. The molecule has 1 aromatic heterocycles. The van der Waals surface area contributed by atoms with Crippen LogP contribution in [-0.4, -0.2) is 19.8 Å². The van der Waals surface area contributed by atoms with E-state index >= 15 is 0 Å². The maximum absolute atomic E-state index is 12.9. The van der Waals surface area contributed by atoms with Gasteiger partial charge in [0.1, 0.15) is 16.3 Å². The number of pyridine rings is 1. The summed E-state index contributed by atoms with van der Waals surface area (Å²) in [6, 6.07) is 3.88. The third-order valence-electron chi connectivity index (χ3n) is 3.20. The third-order valence-corrected chi connectivity index (χ3v) is 5.73. The van der Waals surface area contributed by atoms with E-state index in [-0.39, 0.29) is 21.2 Å². The Labute approximate surface area is 150 Å². The lowest BCUT2D eigenvalue weighted by Crippen LogP contribution is -2.26. The molecular formula is C14H11F3N4O3S2. The Morgan fingerprint density at radius 3 is 2.46 bits per heavy atom. The summed E-state index contributed by atoms with van der Waals surface area (Å²) in [6.45, 7) is 0. The Morgan fingerprint density at radius 1 is 1.19 bits per heavy atom. The summed E-state index contributed by atoms with van der Waals surface area (Å²) in [5, 5.41) is 1.68. The number of rotatable bonds is 4. The van der Waals surface area contributed by atoms with Gasteiger partial charge < -0.3 is 10.5 Å². The molecule has 0 amide bonds. The van der Waals surface area contributed by atoms with Crippen molar-refractivity contribution in [3.8, 4) is 5.75 Å². The molecule has 3 N–H and O–H groups in total. The van der Waals surface area contributed by atoms with E-state index < -0.39 is 21.9 Å². The number of sulfone groups is 1. The van der Waals surface area contributed by atoms with Crippen molar-refractivity contribution in [3.63, 3.8) is 0 Å². The molecule has 12 heteroatoms. The van der Waals surface area contributed by atoms with Gasteiger partial charge >= 0.3 is 6.36 Å². The van der Waals surface area contributed by atoms with Crippen LogP contribution in [-0.2, 0) is 9.84 Å². The van der Waals surface area contributed by atoms with E-state index in [1.165, 1.54) is 22.6 Å². The van der Waals surface area contributed by atoms with Crippen molar-refractivity contribution in [3.05, 3.63) is 48.3 Å². The average Bonchev–Trinajstić information content (AvgIpc) is 3.07. The second kappa shape index (κ2) is 6.61. The van der Waals surface area contributed by atoms with Gasteiger partial charge in [-0.1, -0.05) is 0 Å².